The topological polar surface area (TPSA) is 284 Å². The first-order valence-electron chi connectivity index (χ1n) is 12.3. The Bertz CT molecular complexity index is 804. The highest BCUT2D eigenvalue weighted by Gasteiger charge is 2.31. The van der Waals surface area contributed by atoms with E-state index >= 15 is 0 Å². The Kier molecular flexibility index (Phi) is 16.2. The van der Waals surface area contributed by atoms with Crippen LogP contribution in [-0.2, 0) is 24.0 Å². The lowest BCUT2D eigenvalue weighted by Gasteiger charge is -2.26. The van der Waals surface area contributed by atoms with Gasteiger partial charge in [-0.1, -0.05) is 20.3 Å². The molecule has 15 heteroatoms. The quantitative estimate of drug-likeness (QED) is 0.0463. The number of amides is 4. The van der Waals surface area contributed by atoms with Crippen LogP contribution in [0.4, 0.5) is 0 Å². The summed E-state index contributed by atoms with van der Waals surface area (Å²) >= 11 is 0. The van der Waals surface area contributed by atoms with Crippen LogP contribution in [0.2, 0.25) is 0 Å². The van der Waals surface area contributed by atoms with E-state index in [0.717, 1.165) is 0 Å². The molecule has 0 radical (unpaired) electrons. The highest BCUT2D eigenvalue weighted by Crippen LogP contribution is 2.09. The van der Waals surface area contributed by atoms with E-state index in [2.05, 4.69) is 20.9 Å². The van der Waals surface area contributed by atoms with E-state index < -0.39 is 60.2 Å². The Morgan fingerprint density at radius 1 is 0.838 bits per heavy atom. The maximum atomic E-state index is 13.2. The molecule has 4 amide bonds. The van der Waals surface area contributed by atoms with Gasteiger partial charge in [0.05, 0.1) is 12.5 Å². The lowest BCUT2D eigenvalue weighted by molar-refractivity contribution is -0.143. The van der Waals surface area contributed by atoms with Gasteiger partial charge in [-0.3, -0.25) is 24.2 Å². The summed E-state index contributed by atoms with van der Waals surface area (Å²) in [7, 11) is 0. The average molecular weight is 530 g/mol. The van der Waals surface area contributed by atoms with Crippen LogP contribution >= 0.6 is 0 Å². The van der Waals surface area contributed by atoms with E-state index in [1.54, 1.807) is 6.92 Å². The van der Waals surface area contributed by atoms with Crippen molar-refractivity contribution in [3.8, 4) is 0 Å². The molecule has 0 aromatic carbocycles. The molecule has 0 aliphatic carbocycles. The number of carbonyl (C=O) groups is 5. The molecule has 0 aromatic heterocycles. The third kappa shape index (κ3) is 14.0. The minimum Gasteiger partial charge on any atom is -0.480 e. The van der Waals surface area contributed by atoms with Crippen molar-refractivity contribution in [1.82, 2.24) is 16.0 Å². The van der Waals surface area contributed by atoms with Crippen molar-refractivity contribution in [3.63, 3.8) is 0 Å². The summed E-state index contributed by atoms with van der Waals surface area (Å²) in [6.45, 7) is 4.23. The highest BCUT2D eigenvalue weighted by molar-refractivity contribution is 5.94. The van der Waals surface area contributed by atoms with Gasteiger partial charge in [0.15, 0.2) is 5.96 Å². The van der Waals surface area contributed by atoms with Crippen LogP contribution in [0.5, 0.6) is 0 Å². The number of carboxylic acids is 1. The van der Waals surface area contributed by atoms with Crippen molar-refractivity contribution in [2.45, 2.75) is 83.0 Å². The number of aliphatic carboxylic acids is 1. The van der Waals surface area contributed by atoms with Crippen molar-refractivity contribution in [1.29, 1.82) is 0 Å². The lowest BCUT2D eigenvalue weighted by atomic mass is 9.98. The molecule has 0 saturated heterocycles. The monoisotopic (exact) mass is 529 g/mol. The third-order valence-corrected chi connectivity index (χ3v) is 5.74. The van der Waals surface area contributed by atoms with Gasteiger partial charge in [-0.15, -0.1) is 0 Å². The fourth-order valence-corrected chi connectivity index (χ4v) is 3.26. The normalized spacial score (nSPS) is 14.8. The minimum atomic E-state index is -1.57. The zero-order chi connectivity index (χ0) is 28.5. The number of carbonyl (C=O) groups excluding carboxylic acids is 4. The maximum Gasteiger partial charge on any atom is 0.326 e. The van der Waals surface area contributed by atoms with Crippen molar-refractivity contribution >= 4 is 35.6 Å². The molecule has 5 unspecified atom stereocenters. The first-order valence-corrected chi connectivity index (χ1v) is 12.3. The summed E-state index contributed by atoms with van der Waals surface area (Å²) < 4.78 is 0. The smallest absolute Gasteiger partial charge is 0.326 e. The van der Waals surface area contributed by atoms with E-state index in [4.69, 9.17) is 28.7 Å². The van der Waals surface area contributed by atoms with Gasteiger partial charge in [-0.05, 0) is 44.6 Å². The Labute approximate surface area is 216 Å². The number of primary amides is 1. The Morgan fingerprint density at radius 3 is 1.81 bits per heavy atom. The van der Waals surface area contributed by atoms with E-state index in [0.29, 0.717) is 32.2 Å². The van der Waals surface area contributed by atoms with E-state index in [1.165, 1.54) is 0 Å². The third-order valence-electron chi connectivity index (χ3n) is 5.74. The number of nitrogens with two attached hydrogens (primary N) is 5. The van der Waals surface area contributed by atoms with Gasteiger partial charge in [-0.25, -0.2) is 4.79 Å². The molecule has 5 atom stereocenters. The van der Waals surface area contributed by atoms with Crippen molar-refractivity contribution in [2.75, 3.05) is 13.1 Å². The summed E-state index contributed by atoms with van der Waals surface area (Å²) in [6, 6.07) is -4.65. The fourth-order valence-electron chi connectivity index (χ4n) is 3.26. The number of unbranched alkanes of at least 4 members (excludes halogenated alkanes) is 1. The second kappa shape index (κ2) is 17.9. The van der Waals surface area contributed by atoms with Crippen LogP contribution in [0.1, 0.15) is 58.8 Å². The number of nitrogens with zero attached hydrogens (tertiary/aromatic N) is 1. The molecular formula is C22H43N9O6. The number of carboxylic acid groups (broad SMARTS) is 1. The average Bonchev–Trinajstić information content (AvgIpc) is 2.82. The zero-order valence-corrected chi connectivity index (χ0v) is 21.6. The maximum absolute atomic E-state index is 13.2. The van der Waals surface area contributed by atoms with Gasteiger partial charge < -0.3 is 49.7 Å². The summed E-state index contributed by atoms with van der Waals surface area (Å²) in [5, 5.41) is 16.7. The largest absolute Gasteiger partial charge is 0.480 e. The molecule has 14 N–H and O–H groups in total. The first-order chi connectivity index (χ1) is 17.3. The minimum absolute atomic E-state index is 0.121. The SMILES string of the molecule is CCC(C)C(N)C(=O)NC(CCCN=C(N)N)C(=O)NC(CCCCN)C(=O)NC(CC(N)=O)C(=O)O. The summed E-state index contributed by atoms with van der Waals surface area (Å²) in [4.78, 5) is 65.2. The highest BCUT2D eigenvalue weighted by atomic mass is 16.4. The van der Waals surface area contributed by atoms with Gasteiger partial charge in [-0.2, -0.15) is 0 Å². The van der Waals surface area contributed by atoms with Crippen LogP contribution in [0.3, 0.4) is 0 Å². The molecule has 0 aliphatic heterocycles. The van der Waals surface area contributed by atoms with Gasteiger partial charge in [0.2, 0.25) is 23.6 Å². The molecular weight excluding hydrogens is 486 g/mol. The molecule has 0 spiro atoms. The number of guanidine groups is 1. The summed E-state index contributed by atoms with van der Waals surface area (Å²) in [5.41, 5.74) is 27.2. The van der Waals surface area contributed by atoms with Crippen LogP contribution in [0, 0.1) is 5.92 Å². The number of aliphatic imine (C=N–C) groups is 1. The molecule has 0 aliphatic rings. The predicted octanol–water partition coefficient (Wildman–Crippen LogP) is -3.04. The molecule has 0 rings (SSSR count). The van der Waals surface area contributed by atoms with E-state index in [1.807, 2.05) is 6.92 Å². The summed E-state index contributed by atoms with van der Waals surface area (Å²) in [6.07, 6.45) is 1.63. The fraction of sp³-hybridized carbons (Fsp3) is 0.727. The molecule has 37 heavy (non-hydrogen) atoms. The molecule has 15 nitrogen and oxygen atoms in total. The summed E-state index contributed by atoms with van der Waals surface area (Å²) in [5.74, 6) is -4.67. The van der Waals surface area contributed by atoms with Crippen LogP contribution in [0.15, 0.2) is 4.99 Å². The number of hydrogen-bond acceptors (Lipinski definition) is 8. The predicted molar refractivity (Wildman–Crippen MR) is 137 cm³/mol. The van der Waals surface area contributed by atoms with Crippen LogP contribution < -0.4 is 44.6 Å². The molecule has 0 heterocycles. The second-order valence-electron chi connectivity index (χ2n) is 8.84. The Morgan fingerprint density at radius 2 is 1.35 bits per heavy atom. The van der Waals surface area contributed by atoms with Gasteiger partial charge in [0.25, 0.3) is 0 Å². The first kappa shape index (κ1) is 33.5. The number of hydrogen-bond donors (Lipinski definition) is 9. The molecule has 0 bridgehead atoms. The standard InChI is InChI=1S/C22H43N9O6/c1-3-12(2)17(25)20(35)30-14(8-6-10-28-22(26)27)18(33)29-13(7-4-5-9-23)19(34)31-15(21(36)37)11-16(24)32/h12-15,17H,3-11,23,25H2,1-2H3,(H2,24,32)(H,29,33)(H,30,35)(H,31,34)(H,36,37)(H4,26,27,28). The van der Waals surface area contributed by atoms with E-state index in [-0.39, 0.29) is 31.3 Å². The Hall–Kier alpha value is -3.46. The van der Waals surface area contributed by atoms with Crippen LogP contribution in [-0.4, -0.2) is 77.9 Å². The molecule has 0 aromatic rings. The van der Waals surface area contributed by atoms with Crippen molar-refractivity contribution < 1.29 is 29.1 Å². The Balaban J connectivity index is 5.69. The molecule has 0 saturated carbocycles. The van der Waals surface area contributed by atoms with Gasteiger partial charge >= 0.3 is 5.97 Å². The second-order valence-corrected chi connectivity index (χ2v) is 8.84. The van der Waals surface area contributed by atoms with Gasteiger partial charge in [0.1, 0.15) is 18.1 Å². The number of nitrogens with one attached hydrogen (secondary N) is 3. The van der Waals surface area contributed by atoms with Crippen LogP contribution in [0.25, 0.3) is 0 Å². The van der Waals surface area contributed by atoms with Crippen molar-refractivity contribution in [2.24, 2.45) is 39.6 Å². The van der Waals surface area contributed by atoms with Gasteiger partial charge in [0, 0.05) is 6.54 Å². The lowest BCUT2D eigenvalue weighted by Crippen LogP contribution is -2.57. The zero-order valence-electron chi connectivity index (χ0n) is 21.6. The molecule has 0 fully saturated rings. The van der Waals surface area contributed by atoms with E-state index in [9.17, 15) is 29.1 Å². The molecule has 212 valence electrons. The van der Waals surface area contributed by atoms with Crippen molar-refractivity contribution in [3.05, 3.63) is 0 Å². The number of rotatable bonds is 19.